The van der Waals surface area contributed by atoms with Crippen LogP contribution in [0, 0.1) is 5.92 Å². The van der Waals surface area contributed by atoms with E-state index in [4.69, 9.17) is 0 Å². The number of hydrogen-bond donors (Lipinski definition) is 0. The zero-order valence-electron chi connectivity index (χ0n) is 12.2. The third-order valence-electron chi connectivity index (χ3n) is 4.89. The van der Waals surface area contributed by atoms with Gasteiger partial charge in [0, 0.05) is 25.0 Å². The van der Waals surface area contributed by atoms with Crippen LogP contribution >= 0.6 is 0 Å². The molecule has 2 aliphatic rings. The number of aromatic nitrogens is 2. The van der Waals surface area contributed by atoms with Gasteiger partial charge in [-0.3, -0.25) is 9.48 Å². The lowest BCUT2D eigenvalue weighted by atomic mass is 9.83. The van der Waals surface area contributed by atoms with Gasteiger partial charge < -0.3 is 0 Å². The average Bonchev–Trinajstić information content (AvgIpc) is 3.08. The molecule has 1 aromatic rings. The van der Waals surface area contributed by atoms with Crippen molar-refractivity contribution >= 4 is 5.78 Å². The van der Waals surface area contributed by atoms with Gasteiger partial charge in [0.1, 0.15) is 5.78 Å². The molecule has 2 saturated carbocycles. The zero-order valence-corrected chi connectivity index (χ0v) is 12.2. The van der Waals surface area contributed by atoms with Crippen molar-refractivity contribution in [2.45, 2.75) is 69.8 Å². The normalized spacial score (nSPS) is 23.5. The first-order chi connectivity index (χ1) is 10.0. The van der Waals surface area contributed by atoms with Crippen LogP contribution in [-0.2, 0) is 11.2 Å². The molecule has 0 saturated heterocycles. The van der Waals surface area contributed by atoms with Crippen LogP contribution in [-0.4, -0.2) is 21.5 Å². The Morgan fingerprint density at radius 1 is 1.24 bits per heavy atom. The molecule has 0 N–H and O–H groups in total. The Morgan fingerprint density at radius 3 is 2.57 bits per heavy atom. The highest BCUT2D eigenvalue weighted by Crippen LogP contribution is 2.36. The number of alkyl halides is 2. The molecular formula is C16H22F2N2O. The minimum Gasteiger partial charge on any atom is -0.299 e. The zero-order chi connectivity index (χ0) is 14.9. The van der Waals surface area contributed by atoms with Crippen molar-refractivity contribution in [3.63, 3.8) is 0 Å². The van der Waals surface area contributed by atoms with Gasteiger partial charge in [-0.25, -0.2) is 8.78 Å². The molecule has 5 heteroatoms. The summed E-state index contributed by atoms with van der Waals surface area (Å²) in [6.45, 7) is 0. The van der Waals surface area contributed by atoms with Crippen LogP contribution < -0.4 is 0 Å². The van der Waals surface area contributed by atoms with Crippen molar-refractivity contribution in [3.05, 3.63) is 18.0 Å². The van der Waals surface area contributed by atoms with E-state index in [1.165, 1.54) is 12.8 Å². The van der Waals surface area contributed by atoms with E-state index >= 15 is 0 Å². The van der Waals surface area contributed by atoms with E-state index < -0.39 is 5.92 Å². The smallest absolute Gasteiger partial charge is 0.248 e. The fourth-order valence-electron chi connectivity index (χ4n) is 3.53. The maximum Gasteiger partial charge on any atom is 0.248 e. The molecule has 3 nitrogen and oxygen atoms in total. The molecular weight excluding hydrogens is 274 g/mol. The van der Waals surface area contributed by atoms with Gasteiger partial charge in [-0.2, -0.15) is 5.10 Å². The second-order valence-corrected chi connectivity index (χ2v) is 6.50. The summed E-state index contributed by atoms with van der Waals surface area (Å²) in [4.78, 5) is 12.2. The summed E-state index contributed by atoms with van der Waals surface area (Å²) in [6, 6.07) is 2.37. The minimum atomic E-state index is -2.57. The SMILES string of the molecule is O=C(Cc1ccn(C2CCCC2)n1)C1CCC(F)(F)CC1. The Morgan fingerprint density at radius 2 is 1.90 bits per heavy atom. The molecule has 116 valence electrons. The molecule has 0 aliphatic heterocycles. The largest absolute Gasteiger partial charge is 0.299 e. The average molecular weight is 296 g/mol. The highest BCUT2D eigenvalue weighted by atomic mass is 19.3. The fourth-order valence-corrected chi connectivity index (χ4v) is 3.53. The number of rotatable bonds is 4. The van der Waals surface area contributed by atoms with Crippen LogP contribution in [0.4, 0.5) is 8.78 Å². The predicted octanol–water partition coefficient (Wildman–Crippen LogP) is 3.94. The number of nitrogens with zero attached hydrogens (tertiary/aromatic N) is 2. The number of carbonyl (C=O) groups is 1. The molecule has 0 spiro atoms. The summed E-state index contributed by atoms with van der Waals surface area (Å²) in [5, 5.41) is 4.50. The summed E-state index contributed by atoms with van der Waals surface area (Å²) in [7, 11) is 0. The molecule has 0 amide bonds. The second-order valence-electron chi connectivity index (χ2n) is 6.50. The molecule has 1 aromatic heterocycles. The lowest BCUT2D eigenvalue weighted by Gasteiger charge is -2.27. The maximum atomic E-state index is 13.1. The van der Waals surface area contributed by atoms with Gasteiger partial charge in [-0.1, -0.05) is 12.8 Å². The second kappa shape index (κ2) is 5.85. The molecule has 2 aliphatic carbocycles. The molecule has 3 rings (SSSR count). The predicted molar refractivity (Wildman–Crippen MR) is 75.3 cm³/mol. The van der Waals surface area contributed by atoms with Crippen molar-refractivity contribution in [1.82, 2.24) is 9.78 Å². The van der Waals surface area contributed by atoms with Gasteiger partial charge in [0.25, 0.3) is 0 Å². The molecule has 21 heavy (non-hydrogen) atoms. The topological polar surface area (TPSA) is 34.9 Å². The van der Waals surface area contributed by atoms with Crippen molar-refractivity contribution in [2.75, 3.05) is 0 Å². The first-order valence-corrected chi connectivity index (χ1v) is 7.98. The number of halogens is 2. The summed E-state index contributed by atoms with van der Waals surface area (Å²) in [5.74, 6) is -2.70. The summed E-state index contributed by atoms with van der Waals surface area (Å²) < 4.78 is 28.2. The van der Waals surface area contributed by atoms with Crippen LogP contribution in [0.25, 0.3) is 0 Å². The van der Waals surface area contributed by atoms with E-state index in [0.717, 1.165) is 18.5 Å². The number of hydrogen-bond acceptors (Lipinski definition) is 2. The van der Waals surface area contributed by atoms with E-state index in [-0.39, 0.29) is 31.0 Å². The van der Waals surface area contributed by atoms with Crippen LogP contribution in [0.15, 0.2) is 12.3 Å². The summed E-state index contributed by atoms with van der Waals surface area (Å²) in [5.41, 5.74) is 0.782. The van der Waals surface area contributed by atoms with Gasteiger partial charge in [0.2, 0.25) is 5.92 Å². The molecule has 0 unspecified atom stereocenters. The third-order valence-corrected chi connectivity index (χ3v) is 4.89. The first kappa shape index (κ1) is 14.7. The van der Waals surface area contributed by atoms with Crippen LogP contribution in [0.5, 0.6) is 0 Å². The number of carbonyl (C=O) groups excluding carboxylic acids is 1. The van der Waals surface area contributed by atoms with Crippen molar-refractivity contribution in [3.8, 4) is 0 Å². The Kier molecular flexibility index (Phi) is 4.09. The van der Waals surface area contributed by atoms with Crippen molar-refractivity contribution in [1.29, 1.82) is 0 Å². The summed E-state index contributed by atoms with van der Waals surface area (Å²) >= 11 is 0. The van der Waals surface area contributed by atoms with Crippen molar-refractivity contribution in [2.24, 2.45) is 5.92 Å². The lowest BCUT2D eigenvalue weighted by Crippen LogP contribution is -2.29. The van der Waals surface area contributed by atoms with E-state index in [1.54, 1.807) is 0 Å². The Bertz CT molecular complexity index is 496. The standard InChI is InChI=1S/C16H22F2N2O/c17-16(18)8-5-12(6-9-16)15(21)11-13-7-10-20(19-13)14-3-1-2-4-14/h7,10,12,14H,1-6,8-9,11H2. The molecule has 0 radical (unpaired) electrons. The van der Waals surface area contributed by atoms with Gasteiger partial charge in [0.15, 0.2) is 0 Å². The van der Waals surface area contributed by atoms with E-state index in [0.29, 0.717) is 18.9 Å². The highest BCUT2D eigenvalue weighted by molar-refractivity contribution is 5.82. The quantitative estimate of drug-likeness (QED) is 0.843. The van der Waals surface area contributed by atoms with Crippen molar-refractivity contribution < 1.29 is 13.6 Å². The monoisotopic (exact) mass is 296 g/mol. The molecule has 2 fully saturated rings. The number of ketones is 1. The van der Waals surface area contributed by atoms with Gasteiger partial charge in [-0.05, 0) is 31.7 Å². The first-order valence-electron chi connectivity index (χ1n) is 7.98. The fraction of sp³-hybridized carbons (Fsp3) is 0.750. The van der Waals surface area contributed by atoms with Crippen LogP contribution in [0.2, 0.25) is 0 Å². The highest BCUT2D eigenvalue weighted by Gasteiger charge is 2.37. The lowest BCUT2D eigenvalue weighted by molar-refractivity contribution is -0.126. The molecule has 0 bridgehead atoms. The van der Waals surface area contributed by atoms with E-state index in [1.807, 2.05) is 16.9 Å². The van der Waals surface area contributed by atoms with Gasteiger partial charge >= 0.3 is 0 Å². The Labute approximate surface area is 123 Å². The van der Waals surface area contributed by atoms with Crippen LogP contribution in [0.1, 0.15) is 63.1 Å². The molecule has 0 aromatic carbocycles. The van der Waals surface area contributed by atoms with Gasteiger partial charge in [0.05, 0.1) is 18.2 Å². The minimum absolute atomic E-state index is 0.0715. The molecule has 1 heterocycles. The van der Waals surface area contributed by atoms with E-state index in [2.05, 4.69) is 5.10 Å². The third kappa shape index (κ3) is 3.50. The van der Waals surface area contributed by atoms with E-state index in [9.17, 15) is 13.6 Å². The number of Topliss-reactive ketones (excluding diaryl/α,β-unsaturated/α-hetero) is 1. The Hall–Kier alpha value is -1.26. The van der Waals surface area contributed by atoms with Gasteiger partial charge in [-0.15, -0.1) is 0 Å². The summed E-state index contributed by atoms with van der Waals surface area (Å²) in [6.07, 6.45) is 7.37. The van der Waals surface area contributed by atoms with Crippen LogP contribution in [0.3, 0.4) is 0 Å². The Balaban J connectivity index is 1.55. The maximum absolute atomic E-state index is 13.1. The molecule has 0 atom stereocenters.